The van der Waals surface area contributed by atoms with Crippen LogP contribution in [0.5, 0.6) is 0 Å². The number of ketones is 1. The number of rotatable bonds is 1. The lowest BCUT2D eigenvalue weighted by molar-refractivity contribution is 0.100. The second-order valence-corrected chi connectivity index (χ2v) is 4.10. The predicted octanol–water partition coefficient (Wildman–Crippen LogP) is 1.16. The van der Waals surface area contributed by atoms with Gasteiger partial charge in [-0.05, 0) is 6.42 Å². The molecule has 0 aliphatic carbocycles. The Kier molecular flexibility index (Phi) is 2.03. The maximum absolute atomic E-state index is 11.2. The molecule has 0 unspecified atom stereocenters. The fourth-order valence-corrected chi connectivity index (χ4v) is 2.48. The molecule has 0 aromatic carbocycles. The number of imidazole rings is 1. The molecule has 0 spiro atoms. The van der Waals surface area contributed by atoms with Crippen LogP contribution in [0.15, 0.2) is 5.16 Å². The summed E-state index contributed by atoms with van der Waals surface area (Å²) in [6.45, 7) is 2.39. The van der Waals surface area contributed by atoms with E-state index in [-0.39, 0.29) is 5.78 Å². The lowest BCUT2D eigenvalue weighted by Crippen LogP contribution is -2.13. The third kappa shape index (κ3) is 1.33. The Morgan fingerprint density at radius 1 is 1.69 bits per heavy atom. The van der Waals surface area contributed by atoms with E-state index >= 15 is 0 Å². The van der Waals surface area contributed by atoms with E-state index in [0.29, 0.717) is 11.5 Å². The van der Waals surface area contributed by atoms with Crippen molar-refractivity contribution in [1.82, 2.24) is 9.55 Å². The Bertz CT molecular complexity index is 359. The van der Waals surface area contributed by atoms with E-state index in [1.165, 1.54) is 6.92 Å². The molecule has 70 valence electrons. The number of nitrogen functional groups attached to an aromatic ring is 1. The number of aromatic nitrogens is 2. The summed E-state index contributed by atoms with van der Waals surface area (Å²) in [6, 6.07) is 0. The van der Waals surface area contributed by atoms with E-state index in [4.69, 9.17) is 5.73 Å². The van der Waals surface area contributed by atoms with Crippen molar-refractivity contribution < 1.29 is 4.79 Å². The van der Waals surface area contributed by atoms with Gasteiger partial charge >= 0.3 is 0 Å². The van der Waals surface area contributed by atoms with Crippen molar-refractivity contribution in [2.75, 3.05) is 11.5 Å². The molecule has 1 aromatic rings. The average molecular weight is 197 g/mol. The molecule has 0 radical (unpaired) electrons. The average Bonchev–Trinajstić information content (AvgIpc) is 2.39. The first kappa shape index (κ1) is 8.62. The van der Waals surface area contributed by atoms with Gasteiger partial charge in [0.1, 0.15) is 5.69 Å². The van der Waals surface area contributed by atoms with Crippen LogP contribution in [0.4, 0.5) is 5.82 Å². The molecule has 0 fully saturated rings. The van der Waals surface area contributed by atoms with E-state index in [2.05, 4.69) is 4.98 Å². The van der Waals surface area contributed by atoms with Crippen LogP contribution in [-0.4, -0.2) is 21.1 Å². The number of nitrogens with two attached hydrogens (primary N) is 1. The van der Waals surface area contributed by atoms with Gasteiger partial charge < -0.3 is 10.3 Å². The van der Waals surface area contributed by atoms with Gasteiger partial charge in [0.15, 0.2) is 16.8 Å². The molecule has 0 atom stereocenters. The fraction of sp³-hybridized carbons (Fsp3) is 0.500. The molecule has 1 aliphatic rings. The van der Waals surface area contributed by atoms with E-state index < -0.39 is 0 Å². The molecule has 0 saturated carbocycles. The minimum atomic E-state index is -0.00116. The Hall–Kier alpha value is -0.970. The second kappa shape index (κ2) is 3.06. The highest BCUT2D eigenvalue weighted by Gasteiger charge is 2.20. The van der Waals surface area contributed by atoms with E-state index in [0.717, 1.165) is 23.9 Å². The van der Waals surface area contributed by atoms with Crippen LogP contribution in [0, 0.1) is 0 Å². The van der Waals surface area contributed by atoms with Crippen molar-refractivity contribution in [3.05, 3.63) is 5.69 Å². The summed E-state index contributed by atoms with van der Waals surface area (Å²) in [5, 5.41) is 0.883. The topological polar surface area (TPSA) is 60.9 Å². The van der Waals surface area contributed by atoms with Crippen LogP contribution in [0.2, 0.25) is 0 Å². The third-order valence-corrected chi connectivity index (χ3v) is 3.11. The van der Waals surface area contributed by atoms with Crippen molar-refractivity contribution in [2.24, 2.45) is 0 Å². The normalized spacial score (nSPS) is 15.5. The first-order chi connectivity index (χ1) is 6.20. The minimum Gasteiger partial charge on any atom is -0.382 e. The zero-order chi connectivity index (χ0) is 9.42. The quantitative estimate of drug-likeness (QED) is 0.686. The lowest BCUT2D eigenvalue weighted by Gasteiger charge is -2.14. The minimum absolute atomic E-state index is 0.00116. The highest BCUT2D eigenvalue weighted by Crippen LogP contribution is 2.28. The summed E-state index contributed by atoms with van der Waals surface area (Å²) in [5.41, 5.74) is 6.23. The Morgan fingerprint density at radius 2 is 2.46 bits per heavy atom. The van der Waals surface area contributed by atoms with Crippen LogP contribution in [0.25, 0.3) is 0 Å². The summed E-state index contributed by atoms with van der Waals surface area (Å²) in [6.07, 6.45) is 1.08. The lowest BCUT2D eigenvalue weighted by atomic mass is 10.3. The first-order valence-corrected chi connectivity index (χ1v) is 5.18. The number of nitrogens with zero attached hydrogens (tertiary/aromatic N) is 2. The number of hydrogen-bond acceptors (Lipinski definition) is 4. The molecular weight excluding hydrogens is 186 g/mol. The van der Waals surface area contributed by atoms with Gasteiger partial charge in [-0.1, -0.05) is 11.8 Å². The van der Waals surface area contributed by atoms with Gasteiger partial charge in [-0.25, -0.2) is 4.98 Å². The number of fused-ring (bicyclic) bond motifs is 1. The number of hydrogen-bond donors (Lipinski definition) is 1. The molecule has 2 heterocycles. The Labute approximate surface area is 80.5 Å². The van der Waals surface area contributed by atoms with E-state index in [9.17, 15) is 4.79 Å². The zero-order valence-corrected chi connectivity index (χ0v) is 8.23. The number of anilines is 1. The highest BCUT2D eigenvalue weighted by molar-refractivity contribution is 7.99. The molecular formula is C8H11N3OS. The van der Waals surface area contributed by atoms with Crippen LogP contribution >= 0.6 is 11.8 Å². The van der Waals surface area contributed by atoms with Crippen molar-refractivity contribution in [1.29, 1.82) is 0 Å². The molecule has 2 rings (SSSR count). The Balaban J connectivity index is 2.54. The maximum atomic E-state index is 11.2. The molecule has 0 bridgehead atoms. The maximum Gasteiger partial charge on any atom is 0.180 e. The summed E-state index contributed by atoms with van der Waals surface area (Å²) >= 11 is 1.66. The summed E-state index contributed by atoms with van der Waals surface area (Å²) in [4.78, 5) is 15.4. The van der Waals surface area contributed by atoms with Gasteiger partial charge in [-0.3, -0.25) is 4.79 Å². The monoisotopic (exact) mass is 197 g/mol. The third-order valence-electron chi connectivity index (χ3n) is 2.05. The molecule has 0 saturated heterocycles. The predicted molar refractivity (Wildman–Crippen MR) is 52.0 cm³/mol. The van der Waals surface area contributed by atoms with Crippen LogP contribution in [0.1, 0.15) is 23.8 Å². The van der Waals surface area contributed by atoms with Gasteiger partial charge in [-0.15, -0.1) is 0 Å². The van der Waals surface area contributed by atoms with Crippen LogP contribution < -0.4 is 5.73 Å². The second-order valence-electron chi connectivity index (χ2n) is 3.04. The van der Waals surface area contributed by atoms with Crippen molar-refractivity contribution in [2.45, 2.75) is 25.0 Å². The van der Waals surface area contributed by atoms with Gasteiger partial charge in [0, 0.05) is 19.2 Å². The first-order valence-electron chi connectivity index (χ1n) is 4.20. The van der Waals surface area contributed by atoms with Crippen molar-refractivity contribution in [3.63, 3.8) is 0 Å². The zero-order valence-electron chi connectivity index (χ0n) is 7.41. The standard InChI is InChI=1S/C8H11N3OS/c1-5(12)6-7(9)10-8-11(6)3-2-4-13-8/h2-4,9H2,1H3. The smallest absolute Gasteiger partial charge is 0.180 e. The number of carbonyl (C=O) groups excluding carboxylic acids is 1. The summed E-state index contributed by atoms with van der Waals surface area (Å²) in [5.74, 6) is 1.43. The van der Waals surface area contributed by atoms with E-state index in [1.54, 1.807) is 11.8 Å². The molecule has 13 heavy (non-hydrogen) atoms. The number of thioether (sulfide) groups is 1. The SMILES string of the molecule is CC(=O)c1c(N)nc2n1CCCS2. The van der Waals surface area contributed by atoms with Gasteiger partial charge in [0.25, 0.3) is 0 Å². The molecule has 1 aromatic heterocycles. The molecule has 1 aliphatic heterocycles. The van der Waals surface area contributed by atoms with Gasteiger partial charge in [0.05, 0.1) is 0 Å². The van der Waals surface area contributed by atoms with Gasteiger partial charge in [-0.2, -0.15) is 0 Å². The van der Waals surface area contributed by atoms with Crippen molar-refractivity contribution in [3.8, 4) is 0 Å². The number of Topliss-reactive ketones (excluding diaryl/α,β-unsaturated/α-hetero) is 1. The largest absolute Gasteiger partial charge is 0.382 e. The summed E-state index contributed by atoms with van der Waals surface area (Å²) < 4.78 is 1.92. The van der Waals surface area contributed by atoms with Gasteiger partial charge in [0.2, 0.25) is 0 Å². The molecule has 4 nitrogen and oxygen atoms in total. The van der Waals surface area contributed by atoms with Crippen molar-refractivity contribution >= 4 is 23.4 Å². The molecule has 5 heteroatoms. The van der Waals surface area contributed by atoms with E-state index in [1.807, 2.05) is 4.57 Å². The van der Waals surface area contributed by atoms with Crippen LogP contribution in [0.3, 0.4) is 0 Å². The van der Waals surface area contributed by atoms with Crippen LogP contribution in [-0.2, 0) is 6.54 Å². The molecule has 2 N–H and O–H groups in total. The summed E-state index contributed by atoms with van der Waals surface area (Å²) in [7, 11) is 0. The fourth-order valence-electron chi connectivity index (χ4n) is 1.52. The molecule has 0 amide bonds. The Morgan fingerprint density at radius 3 is 3.15 bits per heavy atom. The number of carbonyl (C=O) groups is 1. The highest BCUT2D eigenvalue weighted by atomic mass is 32.2.